The van der Waals surface area contributed by atoms with Crippen LogP contribution in [0.2, 0.25) is 0 Å². The Balaban J connectivity index is 1.62. The number of nitrogens with zero attached hydrogens (tertiary/aromatic N) is 4. The van der Waals surface area contributed by atoms with E-state index in [9.17, 15) is 4.79 Å². The third kappa shape index (κ3) is 5.17. The number of hydrogen-bond acceptors (Lipinski definition) is 3. The Bertz CT molecular complexity index is 921. The number of anilines is 1. The second kappa shape index (κ2) is 8.49. The lowest BCUT2D eigenvalue weighted by Crippen LogP contribution is -2.22. The molecule has 0 aliphatic carbocycles. The molecule has 0 saturated carbocycles. The van der Waals surface area contributed by atoms with Crippen molar-refractivity contribution in [3.63, 3.8) is 0 Å². The van der Waals surface area contributed by atoms with E-state index in [1.807, 2.05) is 60.3 Å². The Kier molecular flexibility index (Phi) is 5.86. The van der Waals surface area contributed by atoms with Crippen LogP contribution in [0.4, 0.5) is 5.82 Å². The van der Waals surface area contributed by atoms with Crippen LogP contribution in [0.1, 0.15) is 30.5 Å². The molecule has 0 saturated heterocycles. The molecule has 0 atom stereocenters. The Morgan fingerprint density at radius 1 is 1.11 bits per heavy atom. The first kappa shape index (κ1) is 18.6. The first-order valence-corrected chi connectivity index (χ1v) is 9.09. The number of carbonyl (C=O) groups excluding carboxylic acids is 1. The van der Waals surface area contributed by atoms with E-state index < -0.39 is 0 Å². The van der Waals surface area contributed by atoms with Crippen molar-refractivity contribution in [3.8, 4) is 0 Å². The highest BCUT2D eigenvalue weighted by molar-refractivity contribution is 5.90. The van der Waals surface area contributed by atoms with Gasteiger partial charge in [-0.1, -0.05) is 56.3 Å². The van der Waals surface area contributed by atoms with Crippen LogP contribution in [0.3, 0.4) is 0 Å². The summed E-state index contributed by atoms with van der Waals surface area (Å²) in [5, 5.41) is 11.6. The molecule has 6 heteroatoms. The number of rotatable bonds is 7. The molecule has 0 fully saturated rings. The maximum Gasteiger partial charge on any atom is 0.247 e. The largest absolute Gasteiger partial charge is 0.309 e. The van der Waals surface area contributed by atoms with E-state index in [0.717, 1.165) is 29.1 Å². The third-order valence-corrected chi connectivity index (χ3v) is 4.04. The number of benzene rings is 1. The minimum Gasteiger partial charge on any atom is -0.309 e. The van der Waals surface area contributed by atoms with Crippen molar-refractivity contribution in [1.29, 1.82) is 0 Å². The van der Waals surface area contributed by atoms with Crippen molar-refractivity contribution in [3.05, 3.63) is 65.6 Å². The summed E-state index contributed by atoms with van der Waals surface area (Å²) in [7, 11) is 0. The molecule has 1 amide bonds. The molecule has 1 N–H and O–H groups in total. The Morgan fingerprint density at radius 2 is 1.85 bits per heavy atom. The predicted molar refractivity (Wildman–Crippen MR) is 108 cm³/mol. The summed E-state index contributed by atoms with van der Waals surface area (Å²) >= 11 is 0. The van der Waals surface area contributed by atoms with E-state index in [0.29, 0.717) is 5.92 Å². The minimum absolute atomic E-state index is 0.120. The number of aromatic nitrogens is 4. The minimum atomic E-state index is -0.120. The molecule has 2 aromatic heterocycles. The highest BCUT2D eigenvalue weighted by Gasteiger charge is 2.12. The van der Waals surface area contributed by atoms with Gasteiger partial charge in [-0.25, -0.2) is 4.68 Å². The maximum absolute atomic E-state index is 12.4. The molecule has 140 valence electrons. The lowest BCUT2D eigenvalue weighted by molar-refractivity contribution is -0.117. The van der Waals surface area contributed by atoms with Gasteiger partial charge >= 0.3 is 0 Å². The van der Waals surface area contributed by atoms with E-state index in [1.165, 1.54) is 0 Å². The summed E-state index contributed by atoms with van der Waals surface area (Å²) in [4.78, 5) is 12.4. The lowest BCUT2D eigenvalue weighted by atomic mass is 10.2. The molecule has 0 aliphatic rings. The maximum atomic E-state index is 12.4. The average Bonchev–Trinajstić information content (AvgIpc) is 3.22. The number of amides is 1. The summed E-state index contributed by atoms with van der Waals surface area (Å²) in [5.74, 6) is 1.08. The fraction of sp³-hybridized carbons (Fsp3) is 0.286. The standard InChI is InChI=1S/C21H25N5O/c1-16(2)13-26-21(17(3)11-23-26)24-20(27)15-25-14-19(12-22-25)10-9-18-7-5-4-6-8-18/h4-12,14,16H,13,15H2,1-3H3,(H,24,27). The van der Waals surface area contributed by atoms with E-state index >= 15 is 0 Å². The topological polar surface area (TPSA) is 64.7 Å². The van der Waals surface area contributed by atoms with Crippen molar-refractivity contribution in [2.24, 2.45) is 5.92 Å². The normalized spacial score (nSPS) is 11.4. The molecule has 0 bridgehead atoms. The highest BCUT2D eigenvalue weighted by atomic mass is 16.2. The molecular formula is C21H25N5O. The van der Waals surface area contributed by atoms with Crippen molar-refractivity contribution < 1.29 is 4.79 Å². The van der Waals surface area contributed by atoms with Crippen LogP contribution in [0.25, 0.3) is 12.2 Å². The highest BCUT2D eigenvalue weighted by Crippen LogP contribution is 2.16. The molecule has 6 nitrogen and oxygen atoms in total. The molecule has 0 radical (unpaired) electrons. The Morgan fingerprint density at radius 3 is 2.59 bits per heavy atom. The third-order valence-electron chi connectivity index (χ3n) is 4.04. The number of nitrogens with one attached hydrogen (secondary N) is 1. The van der Waals surface area contributed by atoms with Gasteiger partial charge in [0.1, 0.15) is 12.4 Å². The van der Waals surface area contributed by atoms with Gasteiger partial charge in [0.25, 0.3) is 0 Å². The fourth-order valence-corrected chi connectivity index (χ4v) is 2.75. The van der Waals surface area contributed by atoms with Crippen LogP contribution in [0.15, 0.2) is 48.9 Å². The number of hydrogen-bond donors (Lipinski definition) is 1. The van der Waals surface area contributed by atoms with Crippen LogP contribution in [0, 0.1) is 12.8 Å². The van der Waals surface area contributed by atoms with E-state index in [2.05, 4.69) is 29.4 Å². The average molecular weight is 363 g/mol. The van der Waals surface area contributed by atoms with Crippen LogP contribution >= 0.6 is 0 Å². The van der Waals surface area contributed by atoms with Crippen LogP contribution in [0.5, 0.6) is 0 Å². The van der Waals surface area contributed by atoms with Gasteiger partial charge in [0, 0.05) is 23.9 Å². The van der Waals surface area contributed by atoms with Gasteiger partial charge in [-0.3, -0.25) is 9.48 Å². The van der Waals surface area contributed by atoms with Gasteiger partial charge in [-0.15, -0.1) is 0 Å². The van der Waals surface area contributed by atoms with Crippen molar-refractivity contribution >= 4 is 23.9 Å². The second-order valence-corrected chi connectivity index (χ2v) is 7.02. The molecule has 0 spiro atoms. The summed E-state index contributed by atoms with van der Waals surface area (Å²) in [6.07, 6.45) is 9.39. The quantitative estimate of drug-likeness (QED) is 0.693. The van der Waals surface area contributed by atoms with Gasteiger partial charge in [-0.05, 0) is 18.4 Å². The molecule has 0 aliphatic heterocycles. The van der Waals surface area contributed by atoms with Gasteiger partial charge in [-0.2, -0.15) is 10.2 Å². The van der Waals surface area contributed by atoms with Gasteiger partial charge in [0.15, 0.2) is 0 Å². The van der Waals surface area contributed by atoms with Crippen molar-refractivity contribution in [1.82, 2.24) is 19.6 Å². The molecule has 0 unspecified atom stereocenters. The molecule has 2 heterocycles. The summed E-state index contributed by atoms with van der Waals surface area (Å²) < 4.78 is 3.48. The fourth-order valence-electron chi connectivity index (χ4n) is 2.75. The Hall–Kier alpha value is -3.15. The van der Waals surface area contributed by atoms with E-state index in [4.69, 9.17) is 0 Å². The molecular weight excluding hydrogens is 338 g/mol. The molecule has 3 rings (SSSR count). The smallest absolute Gasteiger partial charge is 0.247 e. The van der Waals surface area contributed by atoms with Gasteiger partial charge in [0.05, 0.1) is 12.4 Å². The zero-order valence-corrected chi connectivity index (χ0v) is 16.0. The van der Waals surface area contributed by atoms with E-state index in [-0.39, 0.29) is 12.5 Å². The number of aryl methyl sites for hydroxylation is 1. The zero-order valence-electron chi connectivity index (χ0n) is 16.0. The van der Waals surface area contributed by atoms with Crippen LogP contribution in [-0.4, -0.2) is 25.5 Å². The SMILES string of the molecule is Cc1cnn(CC(C)C)c1NC(=O)Cn1cc(C=Cc2ccccc2)cn1. The van der Waals surface area contributed by atoms with Gasteiger partial charge < -0.3 is 5.32 Å². The van der Waals surface area contributed by atoms with Crippen molar-refractivity contribution in [2.75, 3.05) is 5.32 Å². The number of carbonyl (C=O) groups is 1. The summed E-state index contributed by atoms with van der Waals surface area (Å²) in [6, 6.07) is 10.1. The summed E-state index contributed by atoms with van der Waals surface area (Å²) in [6.45, 7) is 7.11. The lowest BCUT2D eigenvalue weighted by Gasteiger charge is -2.12. The first-order valence-electron chi connectivity index (χ1n) is 9.09. The Labute approximate surface area is 159 Å². The zero-order chi connectivity index (χ0) is 19.2. The van der Waals surface area contributed by atoms with Crippen LogP contribution in [-0.2, 0) is 17.9 Å². The first-order chi connectivity index (χ1) is 13.0. The summed E-state index contributed by atoms with van der Waals surface area (Å²) in [5.41, 5.74) is 3.03. The van der Waals surface area contributed by atoms with Crippen molar-refractivity contribution in [2.45, 2.75) is 33.9 Å². The molecule has 3 aromatic rings. The monoisotopic (exact) mass is 363 g/mol. The molecule has 1 aromatic carbocycles. The predicted octanol–water partition coefficient (Wildman–Crippen LogP) is 3.85. The second-order valence-electron chi connectivity index (χ2n) is 7.02. The van der Waals surface area contributed by atoms with E-state index in [1.54, 1.807) is 17.1 Å². The van der Waals surface area contributed by atoms with Gasteiger partial charge in [0.2, 0.25) is 5.91 Å². The van der Waals surface area contributed by atoms with Crippen LogP contribution < -0.4 is 5.32 Å². The molecule has 27 heavy (non-hydrogen) atoms.